The van der Waals surface area contributed by atoms with Gasteiger partial charge in [0, 0.05) is 5.69 Å². The molecule has 0 radical (unpaired) electrons. The number of anilines is 1. The number of rotatable bonds is 2. The summed E-state index contributed by atoms with van der Waals surface area (Å²) in [5.74, 6) is 5.14. The molecule has 4 heteroatoms. The molecule has 0 bridgehead atoms. The van der Waals surface area contributed by atoms with Crippen molar-refractivity contribution in [2.45, 2.75) is 13.3 Å². The molecule has 0 spiro atoms. The molecule has 4 N–H and O–H groups in total. The molecule has 0 saturated carbocycles. The first kappa shape index (κ1) is 9.95. The standard InChI is InChI=1S/C9H13N3S/c1-2-7-4-3-5-8(6-7)11-9(13)12-10/h3-6H,2,10H2,1H3,(H2,11,12,13). The summed E-state index contributed by atoms with van der Waals surface area (Å²) in [6.45, 7) is 2.11. The molecule has 0 heterocycles. The van der Waals surface area contributed by atoms with Gasteiger partial charge in [0.25, 0.3) is 0 Å². The summed E-state index contributed by atoms with van der Waals surface area (Å²) in [5, 5.41) is 3.39. The third-order valence-corrected chi connectivity index (χ3v) is 1.94. The SMILES string of the molecule is CCc1cccc(NC(=S)NN)c1. The number of thiocarbonyl (C=S) groups is 1. The van der Waals surface area contributed by atoms with Crippen LogP contribution in [0.2, 0.25) is 0 Å². The Morgan fingerprint density at radius 1 is 1.54 bits per heavy atom. The predicted octanol–water partition coefficient (Wildman–Crippen LogP) is 1.41. The van der Waals surface area contributed by atoms with E-state index in [4.69, 9.17) is 18.1 Å². The lowest BCUT2D eigenvalue weighted by atomic mass is 10.1. The first-order chi connectivity index (χ1) is 6.26. The normalized spacial score (nSPS) is 9.38. The molecule has 0 amide bonds. The van der Waals surface area contributed by atoms with Crippen molar-refractivity contribution < 1.29 is 0 Å². The Bertz CT molecular complexity index is 299. The molecule has 0 saturated heterocycles. The van der Waals surface area contributed by atoms with E-state index in [0.29, 0.717) is 5.11 Å². The van der Waals surface area contributed by atoms with Crippen molar-refractivity contribution in [2.75, 3.05) is 5.32 Å². The highest BCUT2D eigenvalue weighted by molar-refractivity contribution is 7.80. The highest BCUT2D eigenvalue weighted by Gasteiger charge is 1.95. The van der Waals surface area contributed by atoms with Crippen LogP contribution in [0.5, 0.6) is 0 Å². The molecule has 0 unspecified atom stereocenters. The van der Waals surface area contributed by atoms with Gasteiger partial charge in [0.15, 0.2) is 5.11 Å². The van der Waals surface area contributed by atoms with E-state index in [9.17, 15) is 0 Å². The molecular formula is C9H13N3S. The largest absolute Gasteiger partial charge is 0.332 e. The number of nitrogens with one attached hydrogen (secondary N) is 2. The second kappa shape index (κ2) is 4.79. The van der Waals surface area contributed by atoms with E-state index in [0.717, 1.165) is 12.1 Å². The topological polar surface area (TPSA) is 50.1 Å². The van der Waals surface area contributed by atoms with Crippen LogP contribution in [0.4, 0.5) is 5.69 Å². The zero-order chi connectivity index (χ0) is 9.68. The van der Waals surface area contributed by atoms with Gasteiger partial charge in [0.1, 0.15) is 0 Å². The Balaban J connectivity index is 2.71. The lowest BCUT2D eigenvalue weighted by molar-refractivity contribution is 1.04. The maximum Gasteiger partial charge on any atom is 0.185 e. The molecule has 0 aliphatic carbocycles. The van der Waals surface area contributed by atoms with E-state index >= 15 is 0 Å². The van der Waals surface area contributed by atoms with Crippen LogP contribution < -0.4 is 16.6 Å². The third kappa shape index (κ3) is 3.01. The van der Waals surface area contributed by atoms with Crippen molar-refractivity contribution in [1.82, 2.24) is 5.43 Å². The van der Waals surface area contributed by atoms with Crippen LogP contribution in [0, 0.1) is 0 Å². The molecule has 3 nitrogen and oxygen atoms in total. The highest BCUT2D eigenvalue weighted by Crippen LogP contribution is 2.10. The Morgan fingerprint density at radius 2 is 2.31 bits per heavy atom. The van der Waals surface area contributed by atoms with Gasteiger partial charge < -0.3 is 10.7 Å². The summed E-state index contributed by atoms with van der Waals surface area (Å²) in [6, 6.07) is 8.05. The smallest absolute Gasteiger partial charge is 0.185 e. The third-order valence-electron chi connectivity index (χ3n) is 1.72. The minimum Gasteiger partial charge on any atom is -0.332 e. The predicted molar refractivity (Wildman–Crippen MR) is 59.4 cm³/mol. The first-order valence-electron chi connectivity index (χ1n) is 4.12. The fraction of sp³-hybridized carbons (Fsp3) is 0.222. The Labute approximate surface area is 83.3 Å². The van der Waals surface area contributed by atoms with Crippen LogP contribution >= 0.6 is 12.2 Å². The molecule has 0 fully saturated rings. The van der Waals surface area contributed by atoms with Crippen LogP contribution in [0.15, 0.2) is 24.3 Å². The summed E-state index contributed by atoms with van der Waals surface area (Å²) >= 11 is 4.87. The summed E-state index contributed by atoms with van der Waals surface area (Å²) in [4.78, 5) is 0. The van der Waals surface area contributed by atoms with Crippen molar-refractivity contribution in [1.29, 1.82) is 0 Å². The molecule has 0 atom stereocenters. The number of hydrogen-bond donors (Lipinski definition) is 3. The molecular weight excluding hydrogens is 182 g/mol. The van der Waals surface area contributed by atoms with Crippen LogP contribution in [0.1, 0.15) is 12.5 Å². The summed E-state index contributed by atoms with van der Waals surface area (Å²) in [6.07, 6.45) is 1.01. The van der Waals surface area contributed by atoms with Gasteiger partial charge in [0.2, 0.25) is 0 Å². The van der Waals surface area contributed by atoms with Crippen LogP contribution in [-0.2, 0) is 6.42 Å². The number of hydrazine groups is 1. The van der Waals surface area contributed by atoms with E-state index < -0.39 is 0 Å². The zero-order valence-corrected chi connectivity index (χ0v) is 8.32. The summed E-state index contributed by atoms with van der Waals surface area (Å²) < 4.78 is 0. The van der Waals surface area contributed by atoms with Gasteiger partial charge in [-0.3, -0.25) is 0 Å². The molecule has 0 aliphatic heterocycles. The van der Waals surface area contributed by atoms with E-state index in [2.05, 4.69) is 23.7 Å². The zero-order valence-electron chi connectivity index (χ0n) is 7.50. The average Bonchev–Trinajstić information content (AvgIpc) is 2.18. The van der Waals surface area contributed by atoms with Gasteiger partial charge in [-0.2, -0.15) is 0 Å². The van der Waals surface area contributed by atoms with E-state index in [-0.39, 0.29) is 0 Å². The van der Waals surface area contributed by atoms with Gasteiger partial charge in [0.05, 0.1) is 0 Å². The lowest BCUT2D eigenvalue weighted by Gasteiger charge is -2.07. The molecule has 1 aromatic carbocycles. The second-order valence-corrected chi connectivity index (χ2v) is 3.06. The van der Waals surface area contributed by atoms with Crippen molar-refractivity contribution in [3.63, 3.8) is 0 Å². The average molecular weight is 195 g/mol. The number of nitrogens with two attached hydrogens (primary N) is 1. The number of benzene rings is 1. The summed E-state index contributed by atoms with van der Waals surface area (Å²) in [7, 11) is 0. The molecule has 13 heavy (non-hydrogen) atoms. The fourth-order valence-corrected chi connectivity index (χ4v) is 1.15. The minimum atomic E-state index is 0.424. The molecule has 1 aromatic rings. The number of aryl methyl sites for hydroxylation is 1. The first-order valence-corrected chi connectivity index (χ1v) is 4.53. The molecule has 1 rings (SSSR count). The highest BCUT2D eigenvalue weighted by atomic mass is 32.1. The molecule has 0 aromatic heterocycles. The number of hydrogen-bond acceptors (Lipinski definition) is 2. The maximum atomic E-state index is 5.14. The molecule has 0 aliphatic rings. The Morgan fingerprint density at radius 3 is 2.92 bits per heavy atom. The lowest BCUT2D eigenvalue weighted by Crippen LogP contribution is -2.34. The summed E-state index contributed by atoms with van der Waals surface area (Å²) in [5.41, 5.74) is 4.60. The quantitative estimate of drug-likeness (QED) is 0.379. The molecule has 70 valence electrons. The Hall–Kier alpha value is -1.13. The maximum absolute atomic E-state index is 5.14. The van der Waals surface area contributed by atoms with Gasteiger partial charge in [-0.05, 0) is 36.3 Å². The Kier molecular flexibility index (Phi) is 3.67. The fourth-order valence-electron chi connectivity index (χ4n) is 1.04. The van der Waals surface area contributed by atoms with Crippen molar-refractivity contribution in [3.05, 3.63) is 29.8 Å². The van der Waals surface area contributed by atoms with Crippen LogP contribution in [0.25, 0.3) is 0 Å². The van der Waals surface area contributed by atoms with Gasteiger partial charge >= 0.3 is 0 Å². The minimum absolute atomic E-state index is 0.424. The van der Waals surface area contributed by atoms with Crippen LogP contribution in [-0.4, -0.2) is 5.11 Å². The van der Waals surface area contributed by atoms with E-state index in [1.165, 1.54) is 5.56 Å². The van der Waals surface area contributed by atoms with Crippen molar-refractivity contribution in [3.8, 4) is 0 Å². The van der Waals surface area contributed by atoms with E-state index in [1.54, 1.807) is 0 Å². The van der Waals surface area contributed by atoms with Crippen molar-refractivity contribution >= 4 is 23.0 Å². The van der Waals surface area contributed by atoms with E-state index in [1.807, 2.05) is 18.2 Å². The second-order valence-electron chi connectivity index (χ2n) is 2.65. The van der Waals surface area contributed by atoms with Crippen molar-refractivity contribution in [2.24, 2.45) is 5.84 Å². The monoisotopic (exact) mass is 195 g/mol. The van der Waals surface area contributed by atoms with Gasteiger partial charge in [-0.25, -0.2) is 5.84 Å². The van der Waals surface area contributed by atoms with Crippen LogP contribution in [0.3, 0.4) is 0 Å². The van der Waals surface area contributed by atoms with Gasteiger partial charge in [-0.1, -0.05) is 19.1 Å². The van der Waals surface area contributed by atoms with Gasteiger partial charge in [-0.15, -0.1) is 0 Å².